The molecule has 0 aromatic heterocycles. The number of nitrogens with zero attached hydrogens (tertiary/aromatic N) is 1. The van der Waals surface area contributed by atoms with E-state index in [2.05, 4.69) is 5.32 Å². The van der Waals surface area contributed by atoms with Gasteiger partial charge in [0.1, 0.15) is 10.8 Å². The summed E-state index contributed by atoms with van der Waals surface area (Å²) in [5.41, 5.74) is 6.82. The molecule has 0 aliphatic carbocycles. The maximum absolute atomic E-state index is 13.0. The van der Waals surface area contributed by atoms with Gasteiger partial charge in [0, 0.05) is 12.2 Å². The first-order chi connectivity index (χ1) is 11.4. The zero-order chi connectivity index (χ0) is 17.7. The molecule has 0 saturated heterocycles. The number of alkyl halides is 1. The molecule has 8 heteroatoms. The topological polar surface area (TPSA) is 92.5 Å². The van der Waals surface area contributed by atoms with E-state index in [0.717, 1.165) is 0 Å². The van der Waals surface area contributed by atoms with Gasteiger partial charge in [-0.1, -0.05) is 18.2 Å². The number of amides is 1. The van der Waals surface area contributed by atoms with Gasteiger partial charge in [0.05, 0.1) is 11.4 Å². The molecule has 0 radical (unpaired) electrons. The van der Waals surface area contributed by atoms with E-state index >= 15 is 0 Å². The molecule has 0 unspecified atom stereocenters. The molecular weight excluding hydrogens is 350 g/mol. The number of anilines is 3. The SMILES string of the molecule is CCN(c1ccccc1)S(=O)(=O)c1cc(NC(=O)CCl)ccc1N. The van der Waals surface area contributed by atoms with Crippen LogP contribution < -0.4 is 15.4 Å². The van der Waals surface area contributed by atoms with Crippen LogP contribution in [0.4, 0.5) is 17.1 Å². The van der Waals surface area contributed by atoms with Crippen molar-refractivity contribution in [2.45, 2.75) is 11.8 Å². The zero-order valence-corrected chi connectivity index (χ0v) is 14.6. The molecule has 24 heavy (non-hydrogen) atoms. The van der Waals surface area contributed by atoms with Crippen LogP contribution in [0, 0.1) is 0 Å². The number of hydrogen-bond acceptors (Lipinski definition) is 4. The lowest BCUT2D eigenvalue weighted by Gasteiger charge is -2.24. The average Bonchev–Trinajstić information content (AvgIpc) is 2.57. The molecule has 0 atom stereocenters. The van der Waals surface area contributed by atoms with E-state index in [-0.39, 0.29) is 23.0 Å². The highest BCUT2D eigenvalue weighted by molar-refractivity contribution is 7.93. The minimum atomic E-state index is -3.88. The molecule has 0 heterocycles. The summed E-state index contributed by atoms with van der Waals surface area (Å²) in [6.07, 6.45) is 0. The monoisotopic (exact) mass is 367 g/mol. The van der Waals surface area contributed by atoms with Crippen molar-refractivity contribution in [1.82, 2.24) is 0 Å². The summed E-state index contributed by atoms with van der Waals surface area (Å²) in [5, 5.41) is 2.52. The minimum Gasteiger partial charge on any atom is -0.398 e. The van der Waals surface area contributed by atoms with Gasteiger partial charge in [0.25, 0.3) is 10.0 Å². The second-order valence-corrected chi connectivity index (χ2v) is 7.04. The lowest BCUT2D eigenvalue weighted by Crippen LogP contribution is -2.31. The number of nitrogen functional groups attached to an aromatic ring is 1. The highest BCUT2D eigenvalue weighted by Crippen LogP contribution is 2.29. The highest BCUT2D eigenvalue weighted by Gasteiger charge is 2.26. The van der Waals surface area contributed by atoms with E-state index < -0.39 is 15.9 Å². The molecule has 0 bridgehead atoms. The maximum atomic E-state index is 13.0. The molecule has 0 spiro atoms. The number of halogens is 1. The first-order valence-corrected chi connectivity index (χ1v) is 9.20. The van der Waals surface area contributed by atoms with Gasteiger partial charge >= 0.3 is 0 Å². The van der Waals surface area contributed by atoms with Crippen LogP contribution in [0.25, 0.3) is 0 Å². The number of carbonyl (C=O) groups excluding carboxylic acids is 1. The number of nitrogens with two attached hydrogens (primary N) is 1. The van der Waals surface area contributed by atoms with Gasteiger partial charge in [-0.15, -0.1) is 11.6 Å². The van der Waals surface area contributed by atoms with E-state index in [1.165, 1.54) is 22.5 Å². The summed E-state index contributed by atoms with van der Waals surface area (Å²) >= 11 is 5.45. The summed E-state index contributed by atoms with van der Waals surface area (Å²) in [4.78, 5) is 11.3. The predicted octanol–water partition coefficient (Wildman–Crippen LogP) is 2.66. The first-order valence-electron chi connectivity index (χ1n) is 7.23. The van der Waals surface area contributed by atoms with Crippen LogP contribution in [0.15, 0.2) is 53.4 Å². The maximum Gasteiger partial charge on any atom is 0.266 e. The van der Waals surface area contributed by atoms with Crippen LogP contribution in [0.2, 0.25) is 0 Å². The van der Waals surface area contributed by atoms with Gasteiger partial charge in [-0.3, -0.25) is 9.10 Å². The molecule has 2 rings (SSSR count). The molecule has 0 saturated carbocycles. The predicted molar refractivity (Wildman–Crippen MR) is 96.9 cm³/mol. The van der Waals surface area contributed by atoms with Gasteiger partial charge in [0.15, 0.2) is 0 Å². The zero-order valence-electron chi connectivity index (χ0n) is 13.1. The van der Waals surface area contributed by atoms with Gasteiger partial charge in [-0.2, -0.15) is 0 Å². The number of sulfonamides is 1. The van der Waals surface area contributed by atoms with Crippen LogP contribution in [-0.4, -0.2) is 26.7 Å². The molecule has 0 aliphatic heterocycles. The molecule has 3 N–H and O–H groups in total. The van der Waals surface area contributed by atoms with Crippen molar-refractivity contribution < 1.29 is 13.2 Å². The molecule has 2 aromatic carbocycles. The summed E-state index contributed by atoms with van der Waals surface area (Å²) in [7, 11) is -3.88. The largest absolute Gasteiger partial charge is 0.398 e. The van der Waals surface area contributed by atoms with Gasteiger partial charge in [-0.25, -0.2) is 8.42 Å². The van der Waals surface area contributed by atoms with Crippen LogP contribution in [0.1, 0.15) is 6.92 Å². The fraction of sp³-hybridized carbons (Fsp3) is 0.188. The van der Waals surface area contributed by atoms with Crippen molar-refractivity contribution in [2.24, 2.45) is 0 Å². The Morgan fingerprint density at radius 3 is 2.46 bits per heavy atom. The van der Waals surface area contributed by atoms with E-state index in [1.807, 2.05) is 0 Å². The van der Waals surface area contributed by atoms with Gasteiger partial charge < -0.3 is 11.1 Å². The van der Waals surface area contributed by atoms with E-state index in [1.54, 1.807) is 37.3 Å². The van der Waals surface area contributed by atoms with Crippen molar-refractivity contribution in [3.8, 4) is 0 Å². The second kappa shape index (κ2) is 7.55. The normalized spacial score (nSPS) is 11.1. The van der Waals surface area contributed by atoms with E-state index in [9.17, 15) is 13.2 Å². The number of carbonyl (C=O) groups is 1. The molecular formula is C16H18ClN3O3S. The summed E-state index contributed by atoms with van der Waals surface area (Å²) in [6, 6.07) is 13.0. The Labute approximate surface area is 146 Å². The Morgan fingerprint density at radius 1 is 1.21 bits per heavy atom. The highest BCUT2D eigenvalue weighted by atomic mass is 35.5. The molecule has 0 aliphatic rings. The van der Waals surface area contributed by atoms with Crippen molar-refractivity contribution in [1.29, 1.82) is 0 Å². The van der Waals surface area contributed by atoms with Crippen LogP contribution in [0.3, 0.4) is 0 Å². The first kappa shape index (κ1) is 18.1. The quantitative estimate of drug-likeness (QED) is 0.606. The number of rotatable bonds is 6. The lowest BCUT2D eigenvalue weighted by molar-refractivity contribution is -0.113. The Morgan fingerprint density at radius 2 is 1.88 bits per heavy atom. The summed E-state index contributed by atoms with van der Waals surface area (Å²) < 4.78 is 27.3. The van der Waals surface area contributed by atoms with Crippen LogP contribution in [-0.2, 0) is 14.8 Å². The second-order valence-electron chi connectivity index (χ2n) is 4.94. The van der Waals surface area contributed by atoms with Crippen LogP contribution >= 0.6 is 11.6 Å². The molecule has 6 nitrogen and oxygen atoms in total. The van der Waals surface area contributed by atoms with Crippen molar-refractivity contribution >= 4 is 44.6 Å². The average molecular weight is 368 g/mol. The third-order valence-corrected chi connectivity index (χ3v) is 5.52. The van der Waals surface area contributed by atoms with Crippen molar-refractivity contribution in [3.05, 3.63) is 48.5 Å². The fourth-order valence-corrected chi connectivity index (χ4v) is 3.92. The number of hydrogen-bond donors (Lipinski definition) is 2. The fourth-order valence-electron chi connectivity index (χ4n) is 2.23. The van der Waals surface area contributed by atoms with Crippen molar-refractivity contribution in [2.75, 3.05) is 27.8 Å². The van der Waals surface area contributed by atoms with E-state index in [4.69, 9.17) is 17.3 Å². The van der Waals surface area contributed by atoms with Crippen LogP contribution in [0.5, 0.6) is 0 Å². The third-order valence-electron chi connectivity index (χ3n) is 3.32. The number of para-hydroxylation sites is 1. The Kier molecular flexibility index (Phi) is 5.69. The molecule has 1 amide bonds. The molecule has 2 aromatic rings. The smallest absolute Gasteiger partial charge is 0.266 e. The van der Waals surface area contributed by atoms with Crippen molar-refractivity contribution in [3.63, 3.8) is 0 Å². The molecule has 128 valence electrons. The summed E-state index contributed by atoms with van der Waals surface area (Å²) in [5.74, 6) is -0.655. The molecule has 0 fully saturated rings. The van der Waals surface area contributed by atoms with E-state index in [0.29, 0.717) is 11.4 Å². The Hall–Kier alpha value is -2.25. The third kappa shape index (κ3) is 3.80. The Balaban J connectivity index is 2.48. The summed E-state index contributed by atoms with van der Waals surface area (Å²) in [6.45, 7) is 1.98. The standard InChI is InChI=1S/C16H18ClN3O3S/c1-2-20(13-6-4-3-5-7-13)24(22,23)15-10-12(8-9-14(15)18)19-16(21)11-17/h3-10H,2,11,18H2,1H3,(H,19,21). The Bertz CT molecular complexity index is 826. The van der Waals surface area contributed by atoms with Gasteiger partial charge in [0.2, 0.25) is 5.91 Å². The lowest BCUT2D eigenvalue weighted by atomic mass is 10.3. The number of nitrogens with one attached hydrogen (secondary N) is 1. The number of benzene rings is 2. The van der Waals surface area contributed by atoms with Gasteiger partial charge in [-0.05, 0) is 37.3 Å². The minimum absolute atomic E-state index is 0.0689.